The average Bonchev–Trinajstić information content (AvgIpc) is 2.79. The quantitative estimate of drug-likeness (QED) is 0.796. The summed E-state index contributed by atoms with van der Waals surface area (Å²) in [6.45, 7) is 5.62. The van der Waals surface area contributed by atoms with Crippen LogP contribution in [0.15, 0.2) is 21.6 Å². The summed E-state index contributed by atoms with van der Waals surface area (Å²) in [7, 11) is -3.64. The molecule has 18 heavy (non-hydrogen) atoms. The molecule has 5 nitrogen and oxygen atoms in total. The summed E-state index contributed by atoms with van der Waals surface area (Å²) >= 11 is 0. The Balaban J connectivity index is 2.81. The second-order valence-corrected chi connectivity index (χ2v) is 6.01. The van der Waals surface area contributed by atoms with Crippen molar-refractivity contribution in [1.82, 2.24) is 4.72 Å². The molecular weight excluding hydrogens is 254 g/mol. The van der Waals surface area contributed by atoms with Crippen molar-refractivity contribution in [3.63, 3.8) is 0 Å². The lowest BCUT2D eigenvalue weighted by Gasteiger charge is -2.21. The zero-order valence-electron chi connectivity index (χ0n) is 11.0. The van der Waals surface area contributed by atoms with E-state index in [2.05, 4.69) is 4.72 Å². The van der Waals surface area contributed by atoms with Crippen molar-refractivity contribution >= 4 is 10.0 Å². The van der Waals surface area contributed by atoms with E-state index in [9.17, 15) is 8.42 Å². The molecule has 1 unspecified atom stereocenters. The van der Waals surface area contributed by atoms with Crippen LogP contribution in [0.25, 0.3) is 0 Å². The third-order valence-corrected chi connectivity index (χ3v) is 4.59. The highest BCUT2D eigenvalue weighted by molar-refractivity contribution is 7.89. The van der Waals surface area contributed by atoms with Crippen LogP contribution in [-0.2, 0) is 16.6 Å². The minimum atomic E-state index is -3.64. The van der Waals surface area contributed by atoms with Gasteiger partial charge in [0, 0.05) is 6.04 Å². The van der Waals surface area contributed by atoms with E-state index in [-0.39, 0.29) is 23.5 Å². The fourth-order valence-electron chi connectivity index (χ4n) is 1.98. The molecule has 0 saturated heterocycles. The average molecular weight is 275 g/mol. The first-order valence-electron chi connectivity index (χ1n) is 6.16. The molecule has 1 heterocycles. The van der Waals surface area contributed by atoms with Crippen molar-refractivity contribution in [2.75, 3.05) is 0 Å². The summed E-state index contributed by atoms with van der Waals surface area (Å²) in [5, 5.41) is 8.71. The van der Waals surface area contributed by atoms with E-state index in [1.807, 2.05) is 20.8 Å². The smallest absolute Gasteiger partial charge is 0.274 e. The van der Waals surface area contributed by atoms with Crippen molar-refractivity contribution in [3.8, 4) is 0 Å². The lowest BCUT2D eigenvalue weighted by molar-refractivity contribution is 0.236. The predicted molar refractivity (Wildman–Crippen MR) is 68.5 cm³/mol. The van der Waals surface area contributed by atoms with Gasteiger partial charge in [0.2, 0.25) is 5.09 Å². The van der Waals surface area contributed by atoms with Crippen molar-refractivity contribution < 1.29 is 17.9 Å². The van der Waals surface area contributed by atoms with Gasteiger partial charge in [-0.05, 0) is 25.0 Å². The van der Waals surface area contributed by atoms with Gasteiger partial charge in [-0.25, -0.2) is 13.1 Å². The number of aliphatic hydroxyl groups excluding tert-OH is 1. The predicted octanol–water partition coefficient (Wildman–Crippen LogP) is 1.87. The number of sulfonamides is 1. The van der Waals surface area contributed by atoms with Crippen LogP contribution in [-0.4, -0.2) is 19.6 Å². The van der Waals surface area contributed by atoms with Gasteiger partial charge in [-0.1, -0.05) is 26.7 Å². The fourth-order valence-corrected chi connectivity index (χ4v) is 3.24. The maximum Gasteiger partial charge on any atom is 0.274 e. The Morgan fingerprint density at radius 1 is 1.33 bits per heavy atom. The molecule has 0 bridgehead atoms. The van der Waals surface area contributed by atoms with E-state index < -0.39 is 10.0 Å². The first-order valence-corrected chi connectivity index (χ1v) is 7.64. The van der Waals surface area contributed by atoms with Crippen molar-refractivity contribution in [2.45, 2.75) is 51.4 Å². The van der Waals surface area contributed by atoms with Crippen LogP contribution in [0.5, 0.6) is 0 Å². The molecule has 0 aliphatic heterocycles. The van der Waals surface area contributed by atoms with Gasteiger partial charge >= 0.3 is 0 Å². The fraction of sp³-hybridized carbons (Fsp3) is 0.667. The van der Waals surface area contributed by atoms with Gasteiger partial charge in [-0.15, -0.1) is 0 Å². The molecule has 1 aromatic heterocycles. The van der Waals surface area contributed by atoms with Crippen LogP contribution in [0.3, 0.4) is 0 Å². The normalized spacial score (nSPS) is 14.1. The first kappa shape index (κ1) is 15.2. The monoisotopic (exact) mass is 275 g/mol. The molecular formula is C12H21NO4S. The number of hydrogen-bond donors (Lipinski definition) is 2. The molecule has 0 amide bonds. The van der Waals surface area contributed by atoms with Crippen LogP contribution >= 0.6 is 0 Å². The summed E-state index contributed by atoms with van der Waals surface area (Å²) in [5.41, 5.74) is 0. The molecule has 0 radical (unpaired) electrons. The molecule has 1 aromatic rings. The van der Waals surface area contributed by atoms with E-state index in [4.69, 9.17) is 9.52 Å². The van der Waals surface area contributed by atoms with Crippen LogP contribution in [0.1, 0.15) is 39.4 Å². The van der Waals surface area contributed by atoms with E-state index in [0.717, 1.165) is 12.8 Å². The zero-order valence-corrected chi connectivity index (χ0v) is 11.8. The Morgan fingerprint density at radius 2 is 1.94 bits per heavy atom. The summed E-state index contributed by atoms with van der Waals surface area (Å²) in [6, 6.07) is 2.66. The maximum absolute atomic E-state index is 12.0. The molecule has 1 atom stereocenters. The summed E-state index contributed by atoms with van der Waals surface area (Å²) < 4.78 is 31.7. The minimum Gasteiger partial charge on any atom is -0.446 e. The Morgan fingerprint density at radius 3 is 2.39 bits per heavy atom. The summed E-state index contributed by atoms with van der Waals surface area (Å²) in [5.74, 6) is 0.539. The molecule has 1 rings (SSSR count). The summed E-state index contributed by atoms with van der Waals surface area (Å²) in [4.78, 5) is 0. The van der Waals surface area contributed by atoms with Gasteiger partial charge in [0.05, 0.1) is 0 Å². The van der Waals surface area contributed by atoms with Crippen LogP contribution < -0.4 is 4.72 Å². The van der Waals surface area contributed by atoms with Gasteiger partial charge in [0.15, 0.2) is 0 Å². The van der Waals surface area contributed by atoms with Gasteiger partial charge < -0.3 is 9.52 Å². The molecule has 104 valence electrons. The highest BCUT2D eigenvalue weighted by Gasteiger charge is 2.24. The van der Waals surface area contributed by atoms with Crippen molar-refractivity contribution in [1.29, 1.82) is 0 Å². The van der Waals surface area contributed by atoms with E-state index >= 15 is 0 Å². The van der Waals surface area contributed by atoms with Gasteiger partial charge in [-0.2, -0.15) is 0 Å². The highest BCUT2D eigenvalue weighted by Crippen LogP contribution is 2.18. The molecule has 0 aliphatic carbocycles. The molecule has 0 fully saturated rings. The van der Waals surface area contributed by atoms with E-state index in [1.54, 1.807) is 0 Å². The number of rotatable bonds is 7. The third-order valence-electron chi connectivity index (χ3n) is 3.15. The molecule has 0 aliphatic rings. The topological polar surface area (TPSA) is 79.5 Å². The molecule has 2 N–H and O–H groups in total. The Kier molecular flexibility index (Phi) is 5.37. The van der Waals surface area contributed by atoms with Gasteiger partial charge in [0.25, 0.3) is 10.0 Å². The molecule has 0 saturated carbocycles. The molecule has 6 heteroatoms. The number of furan rings is 1. The number of hydrogen-bond acceptors (Lipinski definition) is 4. The van der Waals surface area contributed by atoms with Crippen molar-refractivity contribution in [3.05, 3.63) is 17.9 Å². The largest absolute Gasteiger partial charge is 0.446 e. The number of nitrogens with one attached hydrogen (secondary N) is 1. The lowest BCUT2D eigenvalue weighted by Crippen LogP contribution is -2.37. The Bertz CT molecular complexity index is 462. The minimum absolute atomic E-state index is 0.146. The lowest BCUT2D eigenvalue weighted by atomic mass is 9.96. The van der Waals surface area contributed by atoms with E-state index in [0.29, 0.717) is 5.92 Å². The molecule has 0 spiro atoms. The van der Waals surface area contributed by atoms with Gasteiger partial charge in [-0.3, -0.25) is 0 Å². The van der Waals surface area contributed by atoms with Crippen LogP contribution in [0, 0.1) is 5.92 Å². The number of aliphatic hydroxyl groups is 1. The van der Waals surface area contributed by atoms with E-state index in [1.165, 1.54) is 12.1 Å². The summed E-state index contributed by atoms with van der Waals surface area (Å²) in [6.07, 6.45) is 1.83. The zero-order chi connectivity index (χ0) is 13.8. The second kappa shape index (κ2) is 6.36. The third kappa shape index (κ3) is 3.57. The van der Waals surface area contributed by atoms with Crippen LogP contribution in [0.2, 0.25) is 0 Å². The second-order valence-electron chi connectivity index (χ2n) is 4.37. The SMILES string of the molecule is CCC(CC)C(C)NS(=O)(=O)c1ccc(CO)o1. The Labute approximate surface area is 108 Å². The highest BCUT2D eigenvalue weighted by atomic mass is 32.2. The first-order chi connectivity index (χ1) is 8.44. The standard InChI is InChI=1S/C12H21NO4S/c1-4-10(5-2)9(3)13-18(15,16)12-7-6-11(8-14)17-12/h6-7,9-10,13-14H,4-5,8H2,1-3H3. The maximum atomic E-state index is 12.0. The van der Waals surface area contributed by atoms with Crippen LogP contribution in [0.4, 0.5) is 0 Å². The van der Waals surface area contributed by atoms with Gasteiger partial charge in [0.1, 0.15) is 12.4 Å². The van der Waals surface area contributed by atoms with Crippen molar-refractivity contribution in [2.24, 2.45) is 5.92 Å². The Hall–Kier alpha value is -0.850. The molecule has 0 aromatic carbocycles.